The summed E-state index contributed by atoms with van der Waals surface area (Å²) in [5, 5.41) is 2.86. The number of anilines is 1. The van der Waals surface area contributed by atoms with Gasteiger partial charge in [0.1, 0.15) is 18.4 Å². The minimum absolute atomic E-state index is 0.0313. The highest BCUT2D eigenvalue weighted by Gasteiger charge is 2.34. The summed E-state index contributed by atoms with van der Waals surface area (Å²) in [4.78, 5) is 29.1. The minimum Gasteiger partial charge on any atom is -0.352 e. The number of hydrogen-bond acceptors (Lipinski definition) is 4. The number of carbonyl (C=O) groups excluding carboxylic acids is 2. The zero-order valence-corrected chi connectivity index (χ0v) is 25.3. The van der Waals surface area contributed by atoms with Gasteiger partial charge in [-0.1, -0.05) is 86.3 Å². The molecule has 0 unspecified atom stereocenters. The van der Waals surface area contributed by atoms with Crippen molar-refractivity contribution in [1.82, 2.24) is 10.2 Å². The number of nitrogens with one attached hydrogen (secondary N) is 1. The quantitative estimate of drug-likeness (QED) is 0.273. The smallest absolute Gasteiger partial charge is 0.264 e. The average Bonchev–Trinajstić information content (AvgIpc) is 3.00. The first-order chi connectivity index (χ1) is 20.2. The Morgan fingerprint density at radius 1 is 0.976 bits per heavy atom. The third kappa shape index (κ3) is 7.89. The van der Waals surface area contributed by atoms with Gasteiger partial charge < -0.3 is 10.2 Å². The molecule has 10 heteroatoms. The minimum atomic E-state index is -4.25. The van der Waals surface area contributed by atoms with E-state index in [0.29, 0.717) is 12.8 Å². The number of benzene rings is 3. The van der Waals surface area contributed by atoms with Crippen LogP contribution in [0.1, 0.15) is 51.0 Å². The molecule has 0 radical (unpaired) electrons. The molecule has 0 heterocycles. The largest absolute Gasteiger partial charge is 0.352 e. The molecule has 0 bridgehead atoms. The molecule has 1 aliphatic rings. The maximum atomic E-state index is 14.1. The summed E-state index contributed by atoms with van der Waals surface area (Å²) in [6, 6.07) is 20.1. The fourth-order valence-electron chi connectivity index (χ4n) is 5.33. The lowest BCUT2D eigenvalue weighted by atomic mass is 9.95. The zero-order chi connectivity index (χ0) is 30.1. The summed E-state index contributed by atoms with van der Waals surface area (Å²) < 4.78 is 42.7. The van der Waals surface area contributed by atoms with Crippen LogP contribution in [-0.2, 0) is 26.0 Å². The van der Waals surface area contributed by atoms with Crippen LogP contribution < -0.4 is 9.62 Å². The maximum absolute atomic E-state index is 14.1. The van der Waals surface area contributed by atoms with Crippen LogP contribution in [0.5, 0.6) is 0 Å². The Balaban J connectivity index is 1.67. The van der Waals surface area contributed by atoms with Crippen molar-refractivity contribution < 1.29 is 22.4 Å². The molecule has 0 aromatic heterocycles. The van der Waals surface area contributed by atoms with Gasteiger partial charge >= 0.3 is 0 Å². The van der Waals surface area contributed by atoms with Crippen molar-refractivity contribution in [2.45, 2.75) is 68.8 Å². The van der Waals surface area contributed by atoms with E-state index in [9.17, 15) is 22.4 Å². The normalized spacial score (nSPS) is 14.6. The third-order valence-electron chi connectivity index (χ3n) is 7.62. The lowest BCUT2D eigenvalue weighted by molar-refractivity contribution is -0.140. The highest BCUT2D eigenvalue weighted by atomic mass is 35.5. The third-order valence-corrected chi connectivity index (χ3v) is 9.70. The summed E-state index contributed by atoms with van der Waals surface area (Å²) in [5.74, 6) is -1.50. The number of amides is 2. The van der Waals surface area contributed by atoms with Gasteiger partial charge in [-0.3, -0.25) is 13.9 Å². The maximum Gasteiger partial charge on any atom is 0.264 e. The number of sulfonamides is 1. The second-order valence-electron chi connectivity index (χ2n) is 10.5. The summed E-state index contributed by atoms with van der Waals surface area (Å²) in [6.45, 7) is 1.45. The van der Waals surface area contributed by atoms with Crippen LogP contribution >= 0.6 is 11.6 Å². The van der Waals surface area contributed by atoms with Crippen molar-refractivity contribution in [3.05, 3.63) is 95.3 Å². The Morgan fingerprint density at radius 3 is 2.24 bits per heavy atom. The molecule has 1 atom stereocenters. The number of nitrogens with zero attached hydrogens (tertiary/aromatic N) is 2. The van der Waals surface area contributed by atoms with Crippen LogP contribution in [0.2, 0.25) is 5.02 Å². The number of rotatable bonds is 12. The molecule has 1 saturated carbocycles. The monoisotopic (exact) mass is 613 g/mol. The van der Waals surface area contributed by atoms with Crippen LogP contribution in [0.15, 0.2) is 83.8 Å². The predicted octanol–water partition coefficient (Wildman–Crippen LogP) is 5.97. The molecule has 42 heavy (non-hydrogen) atoms. The Morgan fingerprint density at radius 2 is 1.62 bits per heavy atom. The predicted molar refractivity (Wildman–Crippen MR) is 163 cm³/mol. The highest BCUT2D eigenvalue weighted by Crippen LogP contribution is 2.28. The highest BCUT2D eigenvalue weighted by molar-refractivity contribution is 7.92. The van der Waals surface area contributed by atoms with Crippen molar-refractivity contribution in [2.24, 2.45) is 0 Å². The van der Waals surface area contributed by atoms with E-state index in [1.54, 1.807) is 18.2 Å². The second kappa shape index (κ2) is 14.6. The van der Waals surface area contributed by atoms with Crippen molar-refractivity contribution in [1.29, 1.82) is 0 Å². The molecule has 1 aliphatic carbocycles. The topological polar surface area (TPSA) is 86.8 Å². The van der Waals surface area contributed by atoms with Crippen molar-refractivity contribution in [2.75, 3.05) is 17.4 Å². The Kier molecular flexibility index (Phi) is 11.0. The summed E-state index contributed by atoms with van der Waals surface area (Å²) >= 11 is 6.03. The first-order valence-electron chi connectivity index (χ1n) is 14.4. The zero-order valence-electron chi connectivity index (χ0n) is 23.7. The van der Waals surface area contributed by atoms with Gasteiger partial charge in [0.2, 0.25) is 11.8 Å². The van der Waals surface area contributed by atoms with Gasteiger partial charge in [0.15, 0.2) is 0 Å². The molecule has 3 aromatic rings. The van der Waals surface area contributed by atoms with E-state index in [1.807, 2.05) is 37.3 Å². The van der Waals surface area contributed by atoms with Crippen LogP contribution in [0, 0.1) is 5.82 Å². The second-order valence-corrected chi connectivity index (χ2v) is 12.8. The molecule has 2 amide bonds. The van der Waals surface area contributed by atoms with E-state index in [0.717, 1.165) is 48.0 Å². The SMILES string of the molecule is CC[C@H](C(=O)NC1CCCCC1)N(CCc1ccccc1)C(=O)CN(c1ccc(F)c(Cl)c1)S(=O)(=O)c1ccccc1. The molecule has 224 valence electrons. The van der Waals surface area contributed by atoms with Crippen molar-refractivity contribution in [3.8, 4) is 0 Å². The molecular weight excluding hydrogens is 577 g/mol. The lowest BCUT2D eigenvalue weighted by Crippen LogP contribution is -2.54. The van der Waals surface area contributed by atoms with Gasteiger partial charge in [-0.15, -0.1) is 0 Å². The summed E-state index contributed by atoms with van der Waals surface area (Å²) in [7, 11) is -4.25. The first kappa shape index (κ1) is 31.5. The Bertz CT molecular complexity index is 1450. The molecule has 1 N–H and O–H groups in total. The Hall–Kier alpha value is -3.43. The van der Waals surface area contributed by atoms with Gasteiger partial charge in [-0.2, -0.15) is 0 Å². The van der Waals surface area contributed by atoms with Gasteiger partial charge in [0, 0.05) is 12.6 Å². The molecule has 0 aliphatic heterocycles. The number of hydrogen-bond donors (Lipinski definition) is 1. The average molecular weight is 614 g/mol. The van der Waals surface area contributed by atoms with E-state index < -0.39 is 34.3 Å². The summed E-state index contributed by atoms with van der Waals surface area (Å²) in [5.41, 5.74) is 1.03. The van der Waals surface area contributed by atoms with Crippen LogP contribution in [0.3, 0.4) is 0 Å². The van der Waals surface area contributed by atoms with E-state index >= 15 is 0 Å². The van der Waals surface area contributed by atoms with Gasteiger partial charge in [0.05, 0.1) is 15.6 Å². The molecule has 4 rings (SSSR count). The molecule has 1 fully saturated rings. The lowest BCUT2D eigenvalue weighted by Gasteiger charge is -2.34. The Labute approximate surface area is 252 Å². The van der Waals surface area contributed by atoms with Crippen LogP contribution in [0.25, 0.3) is 0 Å². The van der Waals surface area contributed by atoms with Crippen LogP contribution in [0.4, 0.5) is 10.1 Å². The fraction of sp³-hybridized carbons (Fsp3) is 0.375. The van der Waals surface area contributed by atoms with Crippen molar-refractivity contribution >= 4 is 39.1 Å². The standard InChI is InChI=1S/C32H37ClFN3O4S/c1-2-30(32(39)35-25-14-8-4-9-15-25)36(21-20-24-12-6-3-7-13-24)31(38)23-37(26-18-19-29(34)28(33)22-26)42(40,41)27-16-10-5-11-17-27/h3,5-7,10-13,16-19,22,25,30H,2,4,8-9,14-15,20-21,23H2,1H3,(H,35,39)/t30-/m1/s1. The molecular formula is C32H37ClFN3O4S. The summed E-state index contributed by atoms with van der Waals surface area (Å²) in [6.07, 6.45) is 5.86. The molecule has 0 saturated heterocycles. The number of halogens is 2. The van der Waals surface area contributed by atoms with Gasteiger partial charge in [-0.05, 0) is 61.6 Å². The molecule has 7 nitrogen and oxygen atoms in total. The number of carbonyl (C=O) groups is 2. The van der Waals surface area contributed by atoms with Crippen LogP contribution in [-0.4, -0.2) is 50.3 Å². The van der Waals surface area contributed by atoms with E-state index in [4.69, 9.17) is 11.6 Å². The molecule has 0 spiro atoms. The van der Waals surface area contributed by atoms with E-state index in [-0.39, 0.29) is 34.1 Å². The van der Waals surface area contributed by atoms with Gasteiger partial charge in [0.25, 0.3) is 10.0 Å². The first-order valence-corrected chi connectivity index (χ1v) is 16.2. The van der Waals surface area contributed by atoms with E-state index in [2.05, 4.69) is 5.32 Å². The van der Waals surface area contributed by atoms with E-state index in [1.165, 1.54) is 29.2 Å². The fourth-order valence-corrected chi connectivity index (χ4v) is 6.93. The van der Waals surface area contributed by atoms with Gasteiger partial charge in [-0.25, -0.2) is 12.8 Å². The van der Waals surface area contributed by atoms with Crippen molar-refractivity contribution in [3.63, 3.8) is 0 Å². The molecule has 3 aromatic carbocycles.